The molecule has 2 heterocycles. The first kappa shape index (κ1) is 20.9. The number of carbonyl (C=O) groups is 1. The van der Waals surface area contributed by atoms with Gasteiger partial charge in [-0.3, -0.25) is 4.79 Å². The van der Waals surface area contributed by atoms with E-state index in [9.17, 15) is 17.6 Å². The molecule has 1 aliphatic rings. The Morgan fingerprint density at radius 1 is 1.07 bits per heavy atom. The monoisotopic (exact) mass is 425 g/mol. The van der Waals surface area contributed by atoms with Crippen molar-refractivity contribution in [3.8, 4) is 10.4 Å². The van der Waals surface area contributed by atoms with E-state index in [4.69, 9.17) is 0 Å². The maximum Gasteiger partial charge on any atom is 0.282 e. The standard InChI is InChI=1S/C19H24FN3O3S2/c1-3-22(4-2)28(25,26)23-13-11-21(12-14-23)19(24)18-10-9-17(27-18)15-7-5-6-8-16(15)20/h5-10H,3-4,11-14H2,1-2H3. The molecule has 0 spiro atoms. The Labute approximate surface area is 169 Å². The Morgan fingerprint density at radius 3 is 2.32 bits per heavy atom. The van der Waals surface area contributed by atoms with Crippen LogP contribution in [0.15, 0.2) is 36.4 Å². The van der Waals surface area contributed by atoms with Gasteiger partial charge in [-0.2, -0.15) is 17.0 Å². The molecule has 152 valence electrons. The first-order chi connectivity index (χ1) is 13.4. The lowest BCUT2D eigenvalue weighted by molar-refractivity contribution is 0.0699. The summed E-state index contributed by atoms with van der Waals surface area (Å²) in [6.45, 7) is 5.69. The molecule has 0 radical (unpaired) electrons. The molecule has 1 aromatic heterocycles. The van der Waals surface area contributed by atoms with Gasteiger partial charge in [-0.25, -0.2) is 4.39 Å². The Morgan fingerprint density at radius 2 is 1.71 bits per heavy atom. The highest BCUT2D eigenvalue weighted by Crippen LogP contribution is 2.30. The van der Waals surface area contributed by atoms with Crippen LogP contribution in [0.4, 0.5) is 4.39 Å². The van der Waals surface area contributed by atoms with Crippen molar-refractivity contribution >= 4 is 27.5 Å². The van der Waals surface area contributed by atoms with Crippen LogP contribution in [0.2, 0.25) is 0 Å². The van der Waals surface area contributed by atoms with Gasteiger partial charge in [0.05, 0.1) is 4.88 Å². The summed E-state index contributed by atoms with van der Waals surface area (Å²) in [5.74, 6) is -0.467. The third-order valence-electron chi connectivity index (χ3n) is 4.84. The molecule has 28 heavy (non-hydrogen) atoms. The summed E-state index contributed by atoms with van der Waals surface area (Å²) < 4.78 is 42.0. The number of rotatable bonds is 6. The molecule has 0 saturated carbocycles. The van der Waals surface area contributed by atoms with E-state index in [0.717, 1.165) is 0 Å². The number of hydrogen-bond acceptors (Lipinski definition) is 4. The van der Waals surface area contributed by atoms with Gasteiger partial charge in [-0.05, 0) is 18.2 Å². The predicted octanol–water partition coefficient (Wildman–Crippen LogP) is 2.90. The quantitative estimate of drug-likeness (QED) is 0.715. The number of amides is 1. The molecule has 0 N–H and O–H groups in total. The van der Waals surface area contributed by atoms with Crippen molar-refractivity contribution in [3.63, 3.8) is 0 Å². The summed E-state index contributed by atoms with van der Waals surface area (Å²) in [6.07, 6.45) is 0. The van der Waals surface area contributed by atoms with Crippen LogP contribution in [-0.4, -0.2) is 67.1 Å². The Hall–Kier alpha value is -1.81. The van der Waals surface area contributed by atoms with Gasteiger partial charge < -0.3 is 4.90 Å². The number of benzene rings is 1. The predicted molar refractivity (Wildman–Crippen MR) is 109 cm³/mol. The minimum atomic E-state index is -3.49. The van der Waals surface area contributed by atoms with E-state index in [1.807, 2.05) is 13.8 Å². The van der Waals surface area contributed by atoms with Crippen LogP contribution in [0.3, 0.4) is 0 Å². The van der Waals surface area contributed by atoms with E-state index in [-0.39, 0.29) is 24.8 Å². The van der Waals surface area contributed by atoms with Crippen molar-refractivity contribution in [1.82, 2.24) is 13.5 Å². The van der Waals surface area contributed by atoms with E-state index in [2.05, 4.69) is 0 Å². The molecular formula is C19H24FN3O3S2. The SMILES string of the molecule is CCN(CC)S(=O)(=O)N1CCN(C(=O)c2ccc(-c3ccccc3F)s2)CC1. The van der Waals surface area contributed by atoms with Gasteiger partial charge in [0.1, 0.15) is 5.82 Å². The Bertz CT molecular complexity index is 933. The maximum atomic E-state index is 14.0. The van der Waals surface area contributed by atoms with Crippen molar-refractivity contribution in [1.29, 1.82) is 0 Å². The molecular weight excluding hydrogens is 401 g/mol. The third kappa shape index (κ3) is 4.12. The number of halogens is 1. The highest BCUT2D eigenvalue weighted by molar-refractivity contribution is 7.86. The number of nitrogens with zero attached hydrogens (tertiary/aromatic N) is 3. The largest absolute Gasteiger partial charge is 0.335 e. The van der Waals surface area contributed by atoms with Crippen LogP contribution in [0, 0.1) is 5.82 Å². The van der Waals surface area contributed by atoms with Crippen LogP contribution in [0.25, 0.3) is 10.4 Å². The van der Waals surface area contributed by atoms with Crippen molar-refractivity contribution in [2.75, 3.05) is 39.3 Å². The number of carbonyl (C=O) groups excluding carboxylic acids is 1. The summed E-state index contributed by atoms with van der Waals surface area (Å²) >= 11 is 1.25. The van der Waals surface area contributed by atoms with Crippen molar-refractivity contribution < 1.29 is 17.6 Å². The molecule has 1 aliphatic heterocycles. The van der Waals surface area contributed by atoms with Crippen molar-refractivity contribution in [2.45, 2.75) is 13.8 Å². The molecule has 0 bridgehead atoms. The fourth-order valence-corrected chi connectivity index (χ4v) is 5.85. The van der Waals surface area contributed by atoms with E-state index in [1.54, 1.807) is 35.2 Å². The highest BCUT2D eigenvalue weighted by atomic mass is 32.2. The molecule has 9 heteroatoms. The second-order valence-corrected chi connectivity index (χ2v) is 9.44. The zero-order valence-electron chi connectivity index (χ0n) is 16.0. The minimum absolute atomic E-state index is 0.146. The molecule has 6 nitrogen and oxygen atoms in total. The van der Waals surface area contributed by atoms with E-state index >= 15 is 0 Å². The molecule has 0 aliphatic carbocycles. The summed E-state index contributed by atoms with van der Waals surface area (Å²) in [5, 5.41) is 0. The Balaban J connectivity index is 1.67. The van der Waals surface area contributed by atoms with Gasteiger partial charge >= 0.3 is 0 Å². The fourth-order valence-electron chi connectivity index (χ4n) is 3.25. The zero-order valence-corrected chi connectivity index (χ0v) is 17.6. The highest BCUT2D eigenvalue weighted by Gasteiger charge is 2.32. The van der Waals surface area contributed by atoms with Crippen LogP contribution in [0.1, 0.15) is 23.5 Å². The third-order valence-corrected chi connectivity index (χ3v) is 8.13. The van der Waals surface area contributed by atoms with Crippen LogP contribution in [-0.2, 0) is 10.2 Å². The summed E-state index contributed by atoms with van der Waals surface area (Å²) in [5.41, 5.74) is 0.474. The zero-order chi connectivity index (χ0) is 20.3. The molecule has 1 aromatic carbocycles. The fraction of sp³-hybridized carbons (Fsp3) is 0.421. The molecule has 0 unspecified atom stereocenters. The molecule has 3 rings (SSSR count). The molecule has 2 aromatic rings. The number of hydrogen-bond donors (Lipinski definition) is 0. The van der Waals surface area contributed by atoms with Gasteiger partial charge in [0.25, 0.3) is 16.1 Å². The number of thiophene rings is 1. The second kappa shape index (κ2) is 8.69. The first-order valence-corrected chi connectivity index (χ1v) is 11.5. The normalized spacial score (nSPS) is 15.9. The van der Waals surface area contributed by atoms with Crippen LogP contribution in [0.5, 0.6) is 0 Å². The van der Waals surface area contributed by atoms with Gasteiger partial charge in [0, 0.05) is 49.7 Å². The lowest BCUT2D eigenvalue weighted by Gasteiger charge is -2.36. The van der Waals surface area contributed by atoms with E-state index in [1.165, 1.54) is 26.0 Å². The van der Waals surface area contributed by atoms with Gasteiger partial charge in [-0.1, -0.05) is 32.0 Å². The van der Waals surface area contributed by atoms with Crippen molar-refractivity contribution in [2.24, 2.45) is 0 Å². The van der Waals surface area contributed by atoms with Crippen LogP contribution >= 0.6 is 11.3 Å². The lowest BCUT2D eigenvalue weighted by Crippen LogP contribution is -2.54. The summed E-state index contributed by atoms with van der Waals surface area (Å²) in [4.78, 5) is 15.7. The molecule has 1 saturated heterocycles. The first-order valence-electron chi connectivity index (χ1n) is 9.27. The average molecular weight is 426 g/mol. The van der Waals surface area contributed by atoms with Gasteiger partial charge in [-0.15, -0.1) is 11.3 Å². The second-order valence-electron chi connectivity index (χ2n) is 6.43. The number of piperazine rings is 1. The molecule has 0 atom stereocenters. The average Bonchev–Trinajstić information content (AvgIpc) is 3.18. The van der Waals surface area contributed by atoms with Crippen molar-refractivity contribution in [3.05, 3.63) is 47.1 Å². The molecule has 1 fully saturated rings. The summed E-state index contributed by atoms with van der Waals surface area (Å²) in [7, 11) is -3.49. The Kier molecular flexibility index (Phi) is 6.49. The lowest BCUT2D eigenvalue weighted by atomic mass is 10.2. The smallest absolute Gasteiger partial charge is 0.282 e. The van der Waals surface area contributed by atoms with Gasteiger partial charge in [0.2, 0.25) is 0 Å². The minimum Gasteiger partial charge on any atom is -0.335 e. The maximum absolute atomic E-state index is 14.0. The van der Waals surface area contributed by atoms with Gasteiger partial charge in [0.15, 0.2) is 0 Å². The van der Waals surface area contributed by atoms with Crippen LogP contribution < -0.4 is 0 Å². The summed E-state index contributed by atoms with van der Waals surface area (Å²) in [6, 6.07) is 9.92. The topological polar surface area (TPSA) is 60.9 Å². The van der Waals surface area contributed by atoms with E-state index < -0.39 is 10.2 Å². The molecule has 1 amide bonds. The van der Waals surface area contributed by atoms with E-state index in [0.29, 0.717) is 41.5 Å².